The molecular weight excluding hydrogens is 913 g/mol. The number of unbranched alkanes of at least 4 members (excludes halogenated alkanes) is 26. The maximum atomic E-state index is 12.9. The maximum Gasteiger partial charge on any atom is 0.306 e. The van der Waals surface area contributed by atoms with Gasteiger partial charge in [-0.1, -0.05) is 252 Å². The Morgan fingerprint density at radius 2 is 0.527 bits per heavy atom. The van der Waals surface area contributed by atoms with Gasteiger partial charge >= 0.3 is 17.9 Å². The molecule has 0 aliphatic heterocycles. The second-order valence-electron chi connectivity index (χ2n) is 20.2. The summed E-state index contributed by atoms with van der Waals surface area (Å²) < 4.78 is 16.9. The lowest BCUT2D eigenvalue weighted by atomic mass is 10.0. The molecule has 0 aliphatic carbocycles. The van der Waals surface area contributed by atoms with Crippen LogP contribution in [0.3, 0.4) is 0 Å². The lowest BCUT2D eigenvalue weighted by Crippen LogP contribution is -2.30. The summed E-state index contributed by atoms with van der Waals surface area (Å²) in [4.78, 5) is 38.2. The summed E-state index contributed by atoms with van der Waals surface area (Å²) in [5.74, 6) is -0.944. The minimum absolute atomic E-state index is 0.0974. The van der Waals surface area contributed by atoms with E-state index in [4.69, 9.17) is 14.2 Å². The molecule has 422 valence electrons. The molecule has 1 unspecified atom stereocenters. The molecule has 0 amide bonds. The van der Waals surface area contributed by atoms with Crippen LogP contribution in [0.4, 0.5) is 0 Å². The summed E-state index contributed by atoms with van der Waals surface area (Å²) in [7, 11) is 0. The van der Waals surface area contributed by atoms with Gasteiger partial charge < -0.3 is 14.2 Å². The van der Waals surface area contributed by atoms with Gasteiger partial charge in [-0.05, 0) is 122 Å². The van der Waals surface area contributed by atoms with E-state index in [1.807, 2.05) is 0 Å². The molecule has 74 heavy (non-hydrogen) atoms. The quantitative estimate of drug-likeness (QED) is 0.0261. The van der Waals surface area contributed by atoms with Crippen LogP contribution in [0.5, 0.6) is 0 Å². The van der Waals surface area contributed by atoms with Gasteiger partial charge in [-0.2, -0.15) is 0 Å². The van der Waals surface area contributed by atoms with E-state index in [9.17, 15) is 14.4 Å². The summed E-state index contributed by atoms with van der Waals surface area (Å²) in [6.45, 7) is 6.37. The Kier molecular flexibility index (Phi) is 58.3. The number of allylic oxidation sites excluding steroid dienone is 18. The monoisotopic (exact) mass is 1030 g/mol. The summed E-state index contributed by atoms with van der Waals surface area (Å²) in [6.07, 6.45) is 83.8. The second kappa shape index (κ2) is 61.6. The van der Waals surface area contributed by atoms with Gasteiger partial charge in [0.25, 0.3) is 0 Å². The Balaban J connectivity index is 4.31. The molecule has 6 heteroatoms. The Bertz CT molecular complexity index is 1510. The fourth-order valence-corrected chi connectivity index (χ4v) is 8.42. The standard InChI is InChI=1S/C68H114O6/c1-4-7-10-13-16-19-22-25-28-29-30-31-32-33-34-35-36-37-38-39-41-43-46-49-52-55-58-61-67(70)73-64-65(63-72-66(69)60-57-54-51-48-45-42-27-24-21-18-15-12-9-6-3)74-68(71)62-59-56-53-50-47-44-40-26-23-20-17-14-11-8-5-2/h7-8,10-11,16-17,19-20,24-28,30-31,40,47,50,65H,4-6,9,12-15,18,21-23,29,32-39,41-46,48-49,51-64H2,1-3H3/b10-7-,11-8-,19-16-,20-17-,27-24-,28-25-,31-30-,40-26-,50-47-. The van der Waals surface area contributed by atoms with Gasteiger partial charge in [-0.25, -0.2) is 0 Å². The molecule has 1 atom stereocenters. The van der Waals surface area contributed by atoms with Gasteiger partial charge in [0, 0.05) is 19.3 Å². The van der Waals surface area contributed by atoms with Gasteiger partial charge in [0.05, 0.1) is 0 Å². The highest BCUT2D eigenvalue weighted by molar-refractivity contribution is 5.71. The van der Waals surface area contributed by atoms with Crippen LogP contribution < -0.4 is 0 Å². The van der Waals surface area contributed by atoms with E-state index in [0.717, 1.165) is 109 Å². The summed E-state index contributed by atoms with van der Waals surface area (Å²) in [6, 6.07) is 0. The number of carbonyl (C=O) groups excluding carboxylic acids is 3. The van der Waals surface area contributed by atoms with E-state index in [1.165, 1.54) is 128 Å². The van der Waals surface area contributed by atoms with Crippen molar-refractivity contribution in [2.75, 3.05) is 13.2 Å². The van der Waals surface area contributed by atoms with Crippen molar-refractivity contribution in [3.63, 3.8) is 0 Å². The highest BCUT2D eigenvalue weighted by Crippen LogP contribution is 2.16. The van der Waals surface area contributed by atoms with Crippen LogP contribution in [0.15, 0.2) is 109 Å². The molecule has 6 nitrogen and oxygen atoms in total. The first kappa shape index (κ1) is 70.1. The van der Waals surface area contributed by atoms with Crippen molar-refractivity contribution in [2.24, 2.45) is 0 Å². The third kappa shape index (κ3) is 59.0. The van der Waals surface area contributed by atoms with E-state index < -0.39 is 6.10 Å². The zero-order valence-electron chi connectivity index (χ0n) is 48.3. The minimum Gasteiger partial charge on any atom is -0.462 e. The van der Waals surface area contributed by atoms with E-state index in [1.54, 1.807) is 0 Å². The van der Waals surface area contributed by atoms with Crippen LogP contribution in [-0.2, 0) is 28.6 Å². The predicted molar refractivity (Wildman–Crippen MR) is 320 cm³/mol. The number of rotatable bonds is 55. The molecule has 0 saturated carbocycles. The number of hydrogen-bond donors (Lipinski definition) is 0. The fraction of sp³-hybridized carbons (Fsp3) is 0.691. The molecule has 0 aromatic rings. The molecule has 0 heterocycles. The van der Waals surface area contributed by atoms with Gasteiger partial charge in [0.2, 0.25) is 0 Å². The topological polar surface area (TPSA) is 78.9 Å². The number of ether oxygens (including phenoxy) is 3. The normalized spacial score (nSPS) is 12.9. The van der Waals surface area contributed by atoms with Crippen LogP contribution in [0.2, 0.25) is 0 Å². The summed E-state index contributed by atoms with van der Waals surface area (Å²) in [5, 5.41) is 0. The molecule has 0 saturated heterocycles. The van der Waals surface area contributed by atoms with E-state index in [-0.39, 0.29) is 37.5 Å². The number of hydrogen-bond acceptors (Lipinski definition) is 6. The van der Waals surface area contributed by atoms with Crippen molar-refractivity contribution >= 4 is 17.9 Å². The molecule has 0 aromatic carbocycles. The molecule has 0 aliphatic rings. The average molecular weight is 1030 g/mol. The molecule has 0 fully saturated rings. The van der Waals surface area contributed by atoms with E-state index in [0.29, 0.717) is 19.3 Å². The Labute approximate surface area is 457 Å². The molecule has 0 rings (SSSR count). The zero-order chi connectivity index (χ0) is 53.6. The van der Waals surface area contributed by atoms with Crippen molar-refractivity contribution in [3.8, 4) is 0 Å². The van der Waals surface area contributed by atoms with Crippen molar-refractivity contribution in [2.45, 2.75) is 290 Å². The fourth-order valence-electron chi connectivity index (χ4n) is 8.42. The van der Waals surface area contributed by atoms with Crippen LogP contribution in [-0.4, -0.2) is 37.2 Å². The number of carbonyl (C=O) groups is 3. The third-order valence-corrected chi connectivity index (χ3v) is 13.0. The highest BCUT2D eigenvalue weighted by atomic mass is 16.6. The van der Waals surface area contributed by atoms with Gasteiger partial charge in [0.1, 0.15) is 13.2 Å². The van der Waals surface area contributed by atoms with Gasteiger partial charge in [0.15, 0.2) is 6.10 Å². The van der Waals surface area contributed by atoms with Gasteiger partial charge in [-0.15, -0.1) is 0 Å². The average Bonchev–Trinajstić information content (AvgIpc) is 3.40. The lowest BCUT2D eigenvalue weighted by Gasteiger charge is -2.18. The van der Waals surface area contributed by atoms with Crippen molar-refractivity contribution in [1.29, 1.82) is 0 Å². The SMILES string of the molecule is CC/C=C\C/C=C\C/C=C\C/C=C\CCCCCCCCCCCCCCCCC(=O)OCC(COC(=O)CCCCCCC/C=C\CCCCCCC)OC(=O)CCCC/C=C\C/C=C\C/C=C\C/C=C\CC. The van der Waals surface area contributed by atoms with Crippen LogP contribution in [0, 0.1) is 0 Å². The largest absolute Gasteiger partial charge is 0.462 e. The van der Waals surface area contributed by atoms with Crippen LogP contribution in [0.1, 0.15) is 284 Å². The maximum absolute atomic E-state index is 12.9. The summed E-state index contributed by atoms with van der Waals surface area (Å²) >= 11 is 0. The molecular formula is C68H114O6. The van der Waals surface area contributed by atoms with Gasteiger partial charge in [-0.3, -0.25) is 14.4 Å². The highest BCUT2D eigenvalue weighted by Gasteiger charge is 2.19. The summed E-state index contributed by atoms with van der Waals surface area (Å²) in [5.41, 5.74) is 0. The van der Waals surface area contributed by atoms with Crippen LogP contribution in [0.25, 0.3) is 0 Å². The lowest BCUT2D eigenvalue weighted by molar-refractivity contribution is -0.167. The van der Waals surface area contributed by atoms with Crippen molar-refractivity contribution in [1.82, 2.24) is 0 Å². The van der Waals surface area contributed by atoms with Crippen molar-refractivity contribution in [3.05, 3.63) is 109 Å². The van der Waals surface area contributed by atoms with E-state index in [2.05, 4.69) is 130 Å². The third-order valence-electron chi connectivity index (χ3n) is 13.0. The first-order chi connectivity index (χ1) is 36.5. The van der Waals surface area contributed by atoms with E-state index >= 15 is 0 Å². The Hall–Kier alpha value is -3.93. The first-order valence-corrected chi connectivity index (χ1v) is 30.9. The first-order valence-electron chi connectivity index (χ1n) is 30.9. The number of esters is 3. The predicted octanol–water partition coefficient (Wildman–Crippen LogP) is 21.0. The Morgan fingerprint density at radius 3 is 0.865 bits per heavy atom. The Morgan fingerprint density at radius 1 is 0.284 bits per heavy atom. The molecule has 0 spiro atoms. The zero-order valence-corrected chi connectivity index (χ0v) is 48.3. The molecule has 0 radical (unpaired) electrons. The minimum atomic E-state index is -0.804. The second-order valence-corrected chi connectivity index (χ2v) is 20.2. The van der Waals surface area contributed by atoms with Crippen LogP contribution >= 0.6 is 0 Å². The molecule has 0 aromatic heterocycles. The molecule has 0 N–H and O–H groups in total. The smallest absolute Gasteiger partial charge is 0.306 e. The molecule has 0 bridgehead atoms. The van der Waals surface area contributed by atoms with Crippen molar-refractivity contribution < 1.29 is 28.6 Å².